The Morgan fingerprint density at radius 1 is 1.18 bits per heavy atom. The summed E-state index contributed by atoms with van der Waals surface area (Å²) in [7, 11) is 0. The molecule has 0 aliphatic heterocycles. The lowest BCUT2D eigenvalue weighted by atomic mass is 10.1. The Hall–Kier alpha value is -2.49. The molecule has 0 bridgehead atoms. The van der Waals surface area contributed by atoms with Crippen LogP contribution in [0.15, 0.2) is 54.2 Å². The van der Waals surface area contributed by atoms with Crippen LogP contribution in [-0.2, 0) is 6.18 Å². The molecule has 0 saturated carbocycles. The number of ether oxygens (including phenoxy) is 1. The molecule has 148 valence electrons. The average Bonchev–Trinajstić information content (AvgIpc) is 3.19. The van der Waals surface area contributed by atoms with Crippen LogP contribution in [0, 0.1) is 0 Å². The van der Waals surface area contributed by atoms with Crippen molar-refractivity contribution < 1.29 is 23.0 Å². The van der Waals surface area contributed by atoms with Crippen LogP contribution in [0.4, 0.5) is 13.2 Å². The van der Waals surface area contributed by atoms with Gasteiger partial charge in [0.1, 0.15) is 17.4 Å². The number of hydrogen-bond acceptors (Lipinski definition) is 6. The number of thiazole rings is 1. The van der Waals surface area contributed by atoms with Gasteiger partial charge in [-0.05, 0) is 30.3 Å². The molecule has 0 saturated heterocycles. The number of nitrogens with zero attached hydrogens (tertiary/aromatic N) is 2. The fourth-order valence-electron chi connectivity index (χ4n) is 2.40. The molecule has 3 aromatic rings. The van der Waals surface area contributed by atoms with E-state index >= 15 is 0 Å². The molecule has 0 unspecified atom stereocenters. The van der Waals surface area contributed by atoms with Crippen molar-refractivity contribution in [3.05, 3.63) is 65.4 Å². The lowest BCUT2D eigenvalue weighted by molar-refractivity contribution is -0.140. The third-order valence-corrected chi connectivity index (χ3v) is 4.74. The molecule has 0 radical (unpaired) electrons. The molecule has 1 atom stereocenters. The van der Waals surface area contributed by atoms with Crippen molar-refractivity contribution in [2.75, 3.05) is 19.7 Å². The van der Waals surface area contributed by atoms with Crippen molar-refractivity contribution in [1.82, 2.24) is 15.3 Å². The Morgan fingerprint density at radius 2 is 1.96 bits per heavy atom. The number of rotatable bonds is 8. The first-order chi connectivity index (χ1) is 13.4. The van der Waals surface area contributed by atoms with Crippen molar-refractivity contribution in [3.63, 3.8) is 0 Å². The summed E-state index contributed by atoms with van der Waals surface area (Å²) in [6.07, 6.45) is -1.82. The van der Waals surface area contributed by atoms with E-state index in [9.17, 15) is 18.3 Å². The molecule has 0 aliphatic rings. The third kappa shape index (κ3) is 5.51. The van der Waals surface area contributed by atoms with Crippen molar-refractivity contribution >= 4 is 11.3 Å². The minimum absolute atomic E-state index is 0.310. The first-order valence-corrected chi connectivity index (χ1v) is 9.36. The number of aromatic nitrogens is 2. The highest BCUT2D eigenvalue weighted by Gasteiger charge is 2.33. The van der Waals surface area contributed by atoms with E-state index < -0.39 is 18.0 Å². The fourth-order valence-corrected chi connectivity index (χ4v) is 3.23. The topological polar surface area (TPSA) is 67.3 Å². The first-order valence-electron chi connectivity index (χ1n) is 8.48. The Labute approximate surface area is 163 Å². The standard InChI is InChI=1S/C19H18F3N3O2S/c20-19(21,22)17-12-28-18(25-17)13-3-5-15(6-4-13)27-9-8-24-11-16(26)14-2-1-7-23-10-14/h1-7,10,12,16,24,26H,8-9,11H2/t16-/m0/s1. The number of alkyl halides is 3. The third-order valence-electron chi connectivity index (χ3n) is 3.85. The summed E-state index contributed by atoms with van der Waals surface area (Å²) < 4.78 is 43.5. The van der Waals surface area contributed by atoms with Gasteiger partial charge in [-0.25, -0.2) is 4.98 Å². The van der Waals surface area contributed by atoms with Crippen molar-refractivity contribution in [1.29, 1.82) is 0 Å². The van der Waals surface area contributed by atoms with Gasteiger partial charge in [-0.3, -0.25) is 4.98 Å². The molecule has 2 heterocycles. The number of halogens is 3. The maximum atomic E-state index is 12.6. The highest BCUT2D eigenvalue weighted by atomic mass is 32.1. The molecule has 3 rings (SSSR count). The molecule has 9 heteroatoms. The molecule has 5 nitrogen and oxygen atoms in total. The zero-order valence-electron chi connectivity index (χ0n) is 14.7. The summed E-state index contributed by atoms with van der Waals surface area (Å²) in [5.74, 6) is 0.603. The van der Waals surface area contributed by atoms with Crippen LogP contribution < -0.4 is 10.1 Å². The normalized spacial score (nSPS) is 12.7. The summed E-state index contributed by atoms with van der Waals surface area (Å²) in [5.41, 5.74) is 0.459. The molecule has 2 aromatic heterocycles. The van der Waals surface area contributed by atoms with Gasteiger partial charge in [0.05, 0.1) is 6.10 Å². The number of nitrogens with one attached hydrogen (secondary N) is 1. The molecule has 0 fully saturated rings. The van der Waals surface area contributed by atoms with Crippen LogP contribution in [0.3, 0.4) is 0 Å². The molecule has 2 N–H and O–H groups in total. The van der Waals surface area contributed by atoms with E-state index in [2.05, 4.69) is 15.3 Å². The number of aliphatic hydroxyl groups excluding tert-OH is 1. The van der Waals surface area contributed by atoms with Crippen molar-refractivity contribution in [2.24, 2.45) is 0 Å². The quantitative estimate of drug-likeness (QED) is 0.552. The van der Waals surface area contributed by atoms with Crippen LogP contribution in [-0.4, -0.2) is 34.8 Å². The van der Waals surface area contributed by atoms with Crippen LogP contribution >= 0.6 is 11.3 Å². The highest BCUT2D eigenvalue weighted by Crippen LogP contribution is 2.33. The summed E-state index contributed by atoms with van der Waals surface area (Å²) in [5, 5.41) is 14.4. The van der Waals surface area contributed by atoms with E-state index in [4.69, 9.17) is 4.74 Å². The smallest absolute Gasteiger partial charge is 0.434 e. The molecular formula is C19H18F3N3O2S. The largest absolute Gasteiger partial charge is 0.492 e. The zero-order valence-corrected chi connectivity index (χ0v) is 15.5. The van der Waals surface area contributed by atoms with Gasteiger partial charge in [0.25, 0.3) is 0 Å². The zero-order chi connectivity index (χ0) is 20.0. The maximum absolute atomic E-state index is 12.6. The number of aliphatic hydroxyl groups is 1. The van der Waals surface area contributed by atoms with Gasteiger partial charge in [0.15, 0.2) is 5.69 Å². The van der Waals surface area contributed by atoms with Crippen molar-refractivity contribution in [2.45, 2.75) is 12.3 Å². The van der Waals surface area contributed by atoms with Gasteiger partial charge in [-0.2, -0.15) is 13.2 Å². The van der Waals surface area contributed by atoms with E-state index in [0.29, 0.717) is 36.0 Å². The molecule has 0 spiro atoms. The lowest BCUT2D eigenvalue weighted by Crippen LogP contribution is -2.26. The van der Waals surface area contributed by atoms with E-state index in [0.717, 1.165) is 22.3 Å². The van der Waals surface area contributed by atoms with E-state index in [1.807, 2.05) is 0 Å². The van der Waals surface area contributed by atoms with E-state index in [1.165, 1.54) is 0 Å². The summed E-state index contributed by atoms with van der Waals surface area (Å²) >= 11 is 0.951. The Bertz CT molecular complexity index is 870. The first kappa shape index (κ1) is 20.2. The maximum Gasteiger partial charge on any atom is 0.434 e. The van der Waals surface area contributed by atoms with Crippen molar-refractivity contribution in [3.8, 4) is 16.3 Å². The summed E-state index contributed by atoms with van der Waals surface area (Å²) in [6, 6.07) is 10.3. The number of pyridine rings is 1. The van der Waals surface area contributed by atoms with E-state index in [1.54, 1.807) is 48.8 Å². The van der Waals surface area contributed by atoms with Gasteiger partial charge in [-0.15, -0.1) is 11.3 Å². The minimum atomic E-state index is -4.44. The molecule has 1 aromatic carbocycles. The van der Waals surface area contributed by atoms with Gasteiger partial charge in [0.2, 0.25) is 0 Å². The summed E-state index contributed by atoms with van der Waals surface area (Å²) in [6.45, 7) is 1.29. The lowest BCUT2D eigenvalue weighted by Gasteiger charge is -2.12. The molecule has 0 amide bonds. The minimum Gasteiger partial charge on any atom is -0.492 e. The van der Waals surface area contributed by atoms with Gasteiger partial charge in [0, 0.05) is 42.0 Å². The second-order valence-electron chi connectivity index (χ2n) is 5.91. The Morgan fingerprint density at radius 3 is 2.61 bits per heavy atom. The predicted molar refractivity (Wildman–Crippen MR) is 100 cm³/mol. The monoisotopic (exact) mass is 409 g/mol. The number of benzene rings is 1. The van der Waals surface area contributed by atoms with Gasteiger partial charge < -0.3 is 15.2 Å². The Balaban J connectivity index is 1.43. The summed E-state index contributed by atoms with van der Waals surface area (Å²) in [4.78, 5) is 7.58. The molecule has 0 aliphatic carbocycles. The molecular weight excluding hydrogens is 391 g/mol. The van der Waals surface area contributed by atoms with Crippen LogP contribution in [0.2, 0.25) is 0 Å². The second kappa shape index (κ2) is 9.13. The average molecular weight is 409 g/mol. The molecule has 28 heavy (non-hydrogen) atoms. The predicted octanol–water partition coefficient (Wildman–Crippen LogP) is 3.93. The Kier molecular flexibility index (Phi) is 6.61. The second-order valence-corrected chi connectivity index (χ2v) is 6.77. The van der Waals surface area contributed by atoms with E-state index in [-0.39, 0.29) is 0 Å². The SMILES string of the molecule is O[C@@H](CNCCOc1ccc(-c2nc(C(F)(F)F)cs2)cc1)c1cccnc1. The number of hydrogen-bond donors (Lipinski definition) is 2. The van der Waals surface area contributed by atoms with Crippen LogP contribution in [0.1, 0.15) is 17.4 Å². The van der Waals surface area contributed by atoms with Gasteiger partial charge in [-0.1, -0.05) is 6.07 Å². The fraction of sp³-hybridized carbons (Fsp3) is 0.263. The van der Waals surface area contributed by atoms with Crippen LogP contribution in [0.25, 0.3) is 10.6 Å². The highest BCUT2D eigenvalue weighted by molar-refractivity contribution is 7.13. The van der Waals surface area contributed by atoms with Crippen LogP contribution in [0.5, 0.6) is 5.75 Å². The van der Waals surface area contributed by atoms with Gasteiger partial charge >= 0.3 is 6.18 Å².